The standard InChI is InChI=1S/C23H25F3N6O2S/c1-12-6-14(31-18(7-12)32-17-8-16(23(24,25)26)29-11-30-17)15-9-28-20(35-15)22(34)5-4-13(19(27)33)21(2,3)10-22/h6-9,11,13,34H,4-5,10H2,1-3H3,(H2,27,33)(H,29,30,31,32)/t13-,22+/m0/s1. The maximum atomic E-state index is 13.0. The van der Waals surface area contributed by atoms with Gasteiger partial charge in [-0.15, -0.1) is 11.3 Å². The molecule has 0 aromatic carbocycles. The van der Waals surface area contributed by atoms with Gasteiger partial charge in [0.25, 0.3) is 0 Å². The number of nitrogens with zero attached hydrogens (tertiary/aromatic N) is 4. The van der Waals surface area contributed by atoms with Crippen molar-refractivity contribution in [1.29, 1.82) is 0 Å². The number of nitrogens with one attached hydrogen (secondary N) is 1. The number of carbonyl (C=O) groups is 1. The van der Waals surface area contributed by atoms with Gasteiger partial charge in [-0.1, -0.05) is 13.8 Å². The number of aliphatic hydroxyl groups is 1. The molecule has 12 heteroatoms. The molecule has 1 fully saturated rings. The van der Waals surface area contributed by atoms with Crippen LogP contribution in [0.15, 0.2) is 30.7 Å². The topological polar surface area (TPSA) is 127 Å². The van der Waals surface area contributed by atoms with E-state index in [0.717, 1.165) is 18.0 Å². The van der Waals surface area contributed by atoms with E-state index in [1.807, 2.05) is 26.8 Å². The van der Waals surface area contributed by atoms with Crippen LogP contribution in [0.5, 0.6) is 0 Å². The summed E-state index contributed by atoms with van der Waals surface area (Å²) in [5.74, 6) is -0.423. The summed E-state index contributed by atoms with van der Waals surface area (Å²) in [5.41, 5.74) is 4.18. The maximum absolute atomic E-state index is 13.0. The van der Waals surface area contributed by atoms with E-state index >= 15 is 0 Å². The third-order valence-electron chi connectivity index (χ3n) is 6.22. The first-order valence-electron chi connectivity index (χ1n) is 10.9. The number of carbonyl (C=O) groups excluding carboxylic acids is 1. The van der Waals surface area contributed by atoms with E-state index in [-0.39, 0.29) is 17.6 Å². The summed E-state index contributed by atoms with van der Waals surface area (Å²) >= 11 is 1.29. The Bertz CT molecular complexity index is 1260. The first-order valence-corrected chi connectivity index (χ1v) is 11.7. The zero-order chi connectivity index (χ0) is 25.6. The minimum absolute atomic E-state index is 0.0379. The smallest absolute Gasteiger partial charge is 0.383 e. The molecule has 3 aromatic heterocycles. The van der Waals surface area contributed by atoms with Gasteiger partial charge in [0.05, 0.1) is 10.6 Å². The number of halogens is 3. The largest absolute Gasteiger partial charge is 0.433 e. The molecule has 0 radical (unpaired) electrons. The van der Waals surface area contributed by atoms with Gasteiger partial charge in [-0.2, -0.15) is 13.2 Å². The molecule has 1 saturated carbocycles. The molecular formula is C23H25F3N6O2S. The Morgan fingerprint density at radius 3 is 2.60 bits per heavy atom. The zero-order valence-electron chi connectivity index (χ0n) is 19.3. The average Bonchev–Trinajstić information content (AvgIpc) is 3.23. The number of anilines is 2. The highest BCUT2D eigenvalue weighted by atomic mass is 32.1. The Morgan fingerprint density at radius 1 is 1.20 bits per heavy atom. The number of primary amides is 1. The number of thiazole rings is 1. The van der Waals surface area contributed by atoms with Crippen molar-refractivity contribution >= 4 is 28.9 Å². The van der Waals surface area contributed by atoms with Crippen LogP contribution in [0.3, 0.4) is 0 Å². The molecular weight excluding hydrogens is 481 g/mol. The Kier molecular flexibility index (Phi) is 6.30. The summed E-state index contributed by atoms with van der Waals surface area (Å²) in [5, 5.41) is 14.7. The summed E-state index contributed by atoms with van der Waals surface area (Å²) < 4.78 is 38.9. The van der Waals surface area contributed by atoms with Crippen molar-refractivity contribution in [2.75, 3.05) is 5.32 Å². The van der Waals surface area contributed by atoms with E-state index in [1.165, 1.54) is 11.3 Å². The van der Waals surface area contributed by atoms with Crippen molar-refractivity contribution in [2.24, 2.45) is 17.1 Å². The first kappa shape index (κ1) is 25.0. The second-order valence-corrected chi connectivity index (χ2v) is 10.6. The lowest BCUT2D eigenvalue weighted by Gasteiger charge is -2.44. The number of pyridine rings is 1. The third-order valence-corrected chi connectivity index (χ3v) is 7.43. The Hall–Kier alpha value is -3.12. The maximum Gasteiger partial charge on any atom is 0.433 e. The molecule has 1 aliphatic carbocycles. The minimum Gasteiger partial charge on any atom is -0.383 e. The van der Waals surface area contributed by atoms with Gasteiger partial charge < -0.3 is 16.2 Å². The molecule has 3 heterocycles. The highest BCUT2D eigenvalue weighted by Gasteiger charge is 2.48. The van der Waals surface area contributed by atoms with Gasteiger partial charge >= 0.3 is 6.18 Å². The molecule has 1 aliphatic rings. The summed E-state index contributed by atoms with van der Waals surface area (Å²) in [6.07, 6.45) is -0.974. The molecule has 0 saturated heterocycles. The monoisotopic (exact) mass is 506 g/mol. The number of hydrogen-bond donors (Lipinski definition) is 3. The van der Waals surface area contributed by atoms with Crippen LogP contribution in [0.2, 0.25) is 0 Å². The van der Waals surface area contributed by atoms with Gasteiger partial charge in [0.2, 0.25) is 5.91 Å². The molecule has 4 N–H and O–H groups in total. The van der Waals surface area contributed by atoms with Crippen molar-refractivity contribution in [3.05, 3.63) is 47.0 Å². The fourth-order valence-corrected chi connectivity index (χ4v) is 5.62. The Morgan fingerprint density at radius 2 is 1.94 bits per heavy atom. The summed E-state index contributed by atoms with van der Waals surface area (Å²) in [7, 11) is 0. The highest BCUT2D eigenvalue weighted by Crippen LogP contribution is 2.50. The van der Waals surface area contributed by atoms with Crippen molar-refractivity contribution < 1.29 is 23.1 Å². The van der Waals surface area contributed by atoms with E-state index in [0.29, 0.717) is 40.7 Å². The number of aryl methyl sites for hydroxylation is 1. The Labute approximate surface area is 203 Å². The number of hydrogen-bond acceptors (Lipinski definition) is 8. The molecule has 0 bridgehead atoms. The van der Waals surface area contributed by atoms with Crippen LogP contribution >= 0.6 is 11.3 Å². The van der Waals surface area contributed by atoms with Crippen LogP contribution in [0, 0.1) is 18.3 Å². The van der Waals surface area contributed by atoms with Gasteiger partial charge in [-0.05, 0) is 49.3 Å². The second-order valence-electron chi connectivity index (χ2n) is 9.55. The van der Waals surface area contributed by atoms with Crippen molar-refractivity contribution in [1.82, 2.24) is 19.9 Å². The number of rotatable bonds is 5. The number of aromatic nitrogens is 4. The quantitative estimate of drug-likeness (QED) is 0.463. The van der Waals surface area contributed by atoms with Crippen LogP contribution in [0.4, 0.5) is 24.8 Å². The van der Waals surface area contributed by atoms with Crippen LogP contribution in [-0.2, 0) is 16.6 Å². The number of nitrogens with two attached hydrogens (primary N) is 1. The zero-order valence-corrected chi connectivity index (χ0v) is 20.2. The van der Waals surface area contributed by atoms with Gasteiger partial charge in [0.15, 0.2) is 0 Å². The third kappa shape index (κ3) is 5.27. The van der Waals surface area contributed by atoms with E-state index < -0.39 is 22.9 Å². The lowest BCUT2D eigenvalue weighted by Crippen LogP contribution is -2.46. The molecule has 186 valence electrons. The van der Waals surface area contributed by atoms with Crippen molar-refractivity contribution in [2.45, 2.75) is 51.8 Å². The van der Waals surface area contributed by atoms with Crippen molar-refractivity contribution in [3.8, 4) is 10.6 Å². The fourth-order valence-electron chi connectivity index (χ4n) is 4.63. The van der Waals surface area contributed by atoms with E-state index in [9.17, 15) is 23.1 Å². The average molecular weight is 507 g/mol. The van der Waals surface area contributed by atoms with Crippen LogP contribution in [0.25, 0.3) is 10.6 Å². The normalized spacial score (nSPS) is 22.1. The molecule has 0 unspecified atom stereocenters. The SMILES string of the molecule is Cc1cc(Nc2cc(C(F)(F)F)ncn2)nc(-c2cnc([C@@]3(O)CC[C@@H](C(N)=O)C(C)(C)C3)s2)c1. The summed E-state index contributed by atoms with van der Waals surface area (Å²) in [6, 6.07) is 4.32. The van der Waals surface area contributed by atoms with Gasteiger partial charge in [0.1, 0.15) is 34.3 Å². The second kappa shape index (κ2) is 8.83. The summed E-state index contributed by atoms with van der Waals surface area (Å²) in [4.78, 5) is 28.6. The summed E-state index contributed by atoms with van der Waals surface area (Å²) in [6.45, 7) is 5.66. The molecule has 35 heavy (non-hydrogen) atoms. The molecule has 8 nitrogen and oxygen atoms in total. The predicted molar refractivity (Wildman–Crippen MR) is 125 cm³/mol. The Balaban J connectivity index is 1.59. The lowest BCUT2D eigenvalue weighted by molar-refractivity contribution is -0.141. The molecule has 1 amide bonds. The molecule has 0 spiro atoms. The fraction of sp³-hybridized carbons (Fsp3) is 0.435. The van der Waals surface area contributed by atoms with Crippen molar-refractivity contribution in [3.63, 3.8) is 0 Å². The lowest BCUT2D eigenvalue weighted by atomic mass is 9.63. The van der Waals surface area contributed by atoms with Gasteiger partial charge in [-0.25, -0.2) is 19.9 Å². The first-order chi connectivity index (χ1) is 16.3. The van der Waals surface area contributed by atoms with Gasteiger partial charge in [0, 0.05) is 18.2 Å². The van der Waals surface area contributed by atoms with Crippen LogP contribution in [0.1, 0.15) is 49.4 Å². The molecule has 4 rings (SSSR count). The van der Waals surface area contributed by atoms with Gasteiger partial charge in [-0.3, -0.25) is 4.79 Å². The van der Waals surface area contributed by atoms with Crippen LogP contribution < -0.4 is 11.1 Å². The minimum atomic E-state index is -4.59. The van der Waals surface area contributed by atoms with E-state index in [1.54, 1.807) is 12.3 Å². The van der Waals surface area contributed by atoms with E-state index in [4.69, 9.17) is 5.73 Å². The highest BCUT2D eigenvalue weighted by molar-refractivity contribution is 7.15. The molecule has 3 aromatic rings. The predicted octanol–water partition coefficient (Wildman–Crippen LogP) is 4.57. The molecule has 2 atom stereocenters. The number of amides is 1. The molecule has 0 aliphatic heterocycles. The number of alkyl halides is 3. The van der Waals surface area contributed by atoms with E-state index in [2.05, 4.69) is 25.3 Å². The van der Waals surface area contributed by atoms with Crippen LogP contribution in [-0.4, -0.2) is 30.9 Å².